The summed E-state index contributed by atoms with van der Waals surface area (Å²) >= 11 is 0. The van der Waals surface area contributed by atoms with Gasteiger partial charge in [-0.25, -0.2) is 0 Å². The summed E-state index contributed by atoms with van der Waals surface area (Å²) in [6.07, 6.45) is -7.73. The molecule has 0 spiro atoms. The molecule has 10 unspecified atom stereocenters. The molecule has 3 heterocycles. The highest BCUT2D eigenvalue weighted by molar-refractivity contribution is 5.82. The zero-order valence-electron chi connectivity index (χ0n) is 24.0. The molecule has 2 saturated carbocycles. The average molecular weight is 617 g/mol. The number of hydrogen-bond donors (Lipinski definition) is 11. The third-order valence-electron chi connectivity index (χ3n) is 10.1. The minimum atomic E-state index is -1.75. The predicted molar refractivity (Wildman–Crippen MR) is 144 cm³/mol. The van der Waals surface area contributed by atoms with Gasteiger partial charge in [0, 0.05) is 24.8 Å². The van der Waals surface area contributed by atoms with Gasteiger partial charge in [0.25, 0.3) is 0 Å². The van der Waals surface area contributed by atoms with E-state index in [1.54, 1.807) is 7.05 Å². The first-order chi connectivity index (χ1) is 20.2. The zero-order chi connectivity index (χ0) is 31.2. The van der Waals surface area contributed by atoms with Gasteiger partial charge in [-0.3, -0.25) is 4.79 Å². The normalized spacial score (nSPS) is 52.9. The van der Waals surface area contributed by atoms with E-state index >= 15 is 0 Å². The van der Waals surface area contributed by atoms with Gasteiger partial charge in [0.05, 0.1) is 42.1 Å². The summed E-state index contributed by atoms with van der Waals surface area (Å²) < 4.78 is 30.4. The van der Waals surface area contributed by atoms with Crippen molar-refractivity contribution in [3.63, 3.8) is 0 Å². The summed E-state index contributed by atoms with van der Waals surface area (Å²) in [4.78, 5) is 12.3. The Bertz CT molecular complexity index is 1150. The monoisotopic (exact) mass is 616 g/mol. The van der Waals surface area contributed by atoms with Crippen LogP contribution in [0.15, 0.2) is 11.5 Å². The van der Waals surface area contributed by atoms with Crippen LogP contribution in [0.4, 0.5) is 0 Å². The Hall–Kier alpha value is -1.71. The standard InChI is InChI=1S/C26H44N6O11/c1-8(27)20(37)32-24-5-9(24)16(34)23(40-14(24)6-33)42-22-15(31-2)17(35)18-12(39-22)3-11(29)21(41-18)43-26-7-25(26,38)19(36)10(28)4-13(26)30/h8-9,11-18,21-23,31,33-36,38H,3-7,27-30H2,1-2H3,(H,32,37)/t8-,9+,11?,12-,13?,14?,15?,16?,17?,18?,21+,22?,23+,24+,25?,26?/m0/s1. The fourth-order valence-electron chi connectivity index (χ4n) is 7.38. The van der Waals surface area contributed by atoms with Crippen molar-refractivity contribution in [2.45, 2.75) is 123 Å². The van der Waals surface area contributed by atoms with Crippen molar-refractivity contribution in [1.29, 1.82) is 0 Å². The van der Waals surface area contributed by atoms with Crippen LogP contribution < -0.4 is 33.6 Å². The van der Waals surface area contributed by atoms with Crippen molar-refractivity contribution in [1.82, 2.24) is 10.6 Å². The molecule has 6 aliphatic rings. The van der Waals surface area contributed by atoms with E-state index in [1.165, 1.54) is 6.92 Å². The van der Waals surface area contributed by atoms with Crippen molar-refractivity contribution in [2.75, 3.05) is 13.7 Å². The molecular weight excluding hydrogens is 572 g/mol. The number of carbonyl (C=O) groups excluding carboxylic acids is 1. The second kappa shape index (κ2) is 10.7. The molecule has 3 aliphatic heterocycles. The molecule has 3 aliphatic carbocycles. The van der Waals surface area contributed by atoms with E-state index in [0.717, 1.165) is 0 Å². The Morgan fingerprint density at radius 1 is 1.16 bits per heavy atom. The molecule has 16 atom stereocenters. The number of aliphatic hydroxyl groups is 5. The van der Waals surface area contributed by atoms with Crippen molar-refractivity contribution in [3.05, 3.63) is 11.5 Å². The molecule has 5 fully saturated rings. The maximum Gasteiger partial charge on any atom is 0.237 e. The maximum absolute atomic E-state index is 12.3. The highest BCUT2D eigenvalue weighted by Crippen LogP contribution is 2.61. The molecule has 0 radical (unpaired) electrons. The molecule has 17 nitrogen and oxygen atoms in total. The van der Waals surface area contributed by atoms with Crippen LogP contribution in [-0.2, 0) is 28.5 Å². The fraction of sp³-hybridized carbons (Fsp3) is 0.885. The summed E-state index contributed by atoms with van der Waals surface area (Å²) in [7, 11) is 1.59. The summed E-state index contributed by atoms with van der Waals surface area (Å²) in [6, 6.07) is -3.14. The number of fused-ring (bicyclic) bond motifs is 3. The lowest BCUT2D eigenvalue weighted by Crippen LogP contribution is -2.69. The lowest BCUT2D eigenvalue weighted by molar-refractivity contribution is -0.368. The topological polar surface area (TPSA) is 293 Å². The van der Waals surface area contributed by atoms with Crippen LogP contribution in [0, 0.1) is 5.92 Å². The van der Waals surface area contributed by atoms with Gasteiger partial charge in [-0.05, 0) is 26.8 Å². The Morgan fingerprint density at radius 2 is 1.88 bits per heavy atom. The first-order valence-electron chi connectivity index (χ1n) is 14.7. The van der Waals surface area contributed by atoms with Crippen LogP contribution in [0.1, 0.15) is 32.6 Å². The molecule has 1 amide bonds. The second-order valence-corrected chi connectivity index (χ2v) is 12.9. The van der Waals surface area contributed by atoms with Gasteiger partial charge < -0.3 is 82.8 Å². The number of amides is 1. The molecule has 15 N–H and O–H groups in total. The van der Waals surface area contributed by atoms with E-state index in [1.807, 2.05) is 0 Å². The summed E-state index contributed by atoms with van der Waals surface area (Å²) in [5, 5.41) is 59.6. The van der Waals surface area contributed by atoms with Crippen LogP contribution in [0.5, 0.6) is 0 Å². The summed E-state index contributed by atoms with van der Waals surface area (Å²) in [5.41, 5.74) is 20.2. The average Bonchev–Trinajstić information content (AvgIpc) is 3.84. The quantitative estimate of drug-likeness (QED) is 0.121. The summed E-state index contributed by atoms with van der Waals surface area (Å²) in [5.74, 6) is -1.26. The number of nitrogens with two attached hydrogens (primary N) is 4. The lowest BCUT2D eigenvalue weighted by Gasteiger charge is -2.51. The number of likely N-dealkylation sites (N-methyl/N-ethyl adjacent to an activating group) is 1. The Balaban J connectivity index is 1.13. The summed E-state index contributed by atoms with van der Waals surface area (Å²) in [6.45, 7) is 1.09. The number of nitrogens with one attached hydrogen (secondary N) is 2. The number of ether oxygens (including phenoxy) is 5. The minimum Gasteiger partial charge on any atom is -0.507 e. The second-order valence-electron chi connectivity index (χ2n) is 12.9. The van der Waals surface area contributed by atoms with Gasteiger partial charge in [0.1, 0.15) is 35.8 Å². The van der Waals surface area contributed by atoms with Crippen molar-refractivity contribution in [2.24, 2.45) is 28.9 Å². The fourth-order valence-corrected chi connectivity index (χ4v) is 7.38. The van der Waals surface area contributed by atoms with Gasteiger partial charge in [-0.15, -0.1) is 0 Å². The Kier molecular flexibility index (Phi) is 7.77. The van der Waals surface area contributed by atoms with Gasteiger partial charge in [0.2, 0.25) is 5.91 Å². The first kappa shape index (κ1) is 31.3. The number of hydrogen-bond acceptors (Lipinski definition) is 16. The van der Waals surface area contributed by atoms with E-state index in [-0.39, 0.29) is 30.7 Å². The van der Waals surface area contributed by atoms with Crippen LogP contribution in [0.25, 0.3) is 0 Å². The third kappa shape index (κ3) is 4.68. The van der Waals surface area contributed by atoms with E-state index in [0.29, 0.717) is 6.42 Å². The third-order valence-corrected chi connectivity index (χ3v) is 10.1. The highest BCUT2D eigenvalue weighted by Gasteiger charge is 2.77. The molecule has 244 valence electrons. The van der Waals surface area contributed by atoms with Gasteiger partial charge >= 0.3 is 0 Å². The number of carbonyl (C=O) groups is 1. The maximum atomic E-state index is 12.3. The van der Waals surface area contributed by atoms with Gasteiger partial charge in [-0.2, -0.15) is 0 Å². The lowest BCUT2D eigenvalue weighted by atomic mass is 9.89. The molecule has 0 bridgehead atoms. The Morgan fingerprint density at radius 3 is 2.53 bits per heavy atom. The number of aliphatic hydroxyl groups excluding tert-OH is 4. The molecule has 0 aromatic carbocycles. The Labute approximate surface area is 247 Å². The van der Waals surface area contributed by atoms with Crippen molar-refractivity contribution in [3.8, 4) is 0 Å². The van der Waals surface area contributed by atoms with Gasteiger partial charge in [0.15, 0.2) is 24.5 Å². The van der Waals surface area contributed by atoms with E-state index in [9.17, 15) is 30.3 Å². The molecule has 3 saturated heterocycles. The highest BCUT2D eigenvalue weighted by atomic mass is 16.8. The number of rotatable bonds is 8. The SMILES string of the molecule is CNC1C(O[C@H]2OC(CO)[C@@]3(NC(=O)[C@H](C)N)C[C@@H]3C2O)O[C@H]2CC(N)[C@@H](OC34CC3(O)C(O)=C(N)CC4N)OC2C1O. The zero-order valence-corrected chi connectivity index (χ0v) is 24.0. The van der Waals surface area contributed by atoms with Crippen LogP contribution in [-0.4, -0.2) is 135 Å². The molecular formula is C26H44N6O11. The van der Waals surface area contributed by atoms with Crippen molar-refractivity contribution < 1.29 is 54.0 Å². The molecule has 6 rings (SSSR count). The van der Waals surface area contributed by atoms with Crippen molar-refractivity contribution >= 4 is 5.91 Å². The molecule has 0 aromatic heterocycles. The van der Waals surface area contributed by atoms with Crippen LogP contribution in [0.3, 0.4) is 0 Å². The smallest absolute Gasteiger partial charge is 0.237 e. The van der Waals surface area contributed by atoms with E-state index < -0.39 is 109 Å². The van der Waals surface area contributed by atoms with E-state index in [4.69, 9.17) is 46.6 Å². The van der Waals surface area contributed by atoms with Crippen LogP contribution >= 0.6 is 0 Å². The largest absolute Gasteiger partial charge is 0.507 e. The predicted octanol–water partition coefficient (Wildman–Crippen LogP) is -5.23. The molecule has 17 heteroatoms. The van der Waals surface area contributed by atoms with Gasteiger partial charge in [-0.1, -0.05) is 0 Å². The molecule has 0 aromatic rings. The van der Waals surface area contributed by atoms with E-state index in [2.05, 4.69) is 10.6 Å². The first-order valence-corrected chi connectivity index (χ1v) is 14.7. The van der Waals surface area contributed by atoms with Crippen LogP contribution in [0.2, 0.25) is 0 Å². The minimum absolute atomic E-state index is 0.0121. The molecule has 43 heavy (non-hydrogen) atoms.